The molecule has 18 nitrogen and oxygen atoms in total. The smallest absolute Gasteiger partial charge is 0.338 e. The summed E-state index contributed by atoms with van der Waals surface area (Å²) in [5, 5.41) is 8.64. The van der Waals surface area contributed by atoms with Gasteiger partial charge in [0.15, 0.2) is 0 Å². The van der Waals surface area contributed by atoms with E-state index in [1.54, 1.807) is 73.7 Å². The molecule has 14 rings (SSSR count). The molecule has 0 saturated heterocycles. The van der Waals surface area contributed by atoms with Crippen LogP contribution in [0.15, 0.2) is 225 Å². The van der Waals surface area contributed by atoms with Crippen molar-refractivity contribution in [1.29, 1.82) is 5.41 Å². The van der Waals surface area contributed by atoms with Crippen LogP contribution in [-0.2, 0) is 16.6 Å². The largest absolute Gasteiger partial charge is 0.462 e. The summed E-state index contributed by atoms with van der Waals surface area (Å²) in [7, 11) is 0. The Morgan fingerprint density at radius 3 is 1.63 bits per heavy atom. The molecular weight excluding hydrogens is 1220 g/mol. The van der Waals surface area contributed by atoms with Crippen LogP contribution in [0.2, 0.25) is 0 Å². The summed E-state index contributed by atoms with van der Waals surface area (Å²) in [6.07, 6.45) is 15.1. The topological polar surface area (TPSA) is 252 Å². The Balaban J connectivity index is 0.000000122. The molecule has 0 spiro atoms. The van der Waals surface area contributed by atoms with Gasteiger partial charge in [0.2, 0.25) is 34.8 Å². The van der Waals surface area contributed by atoms with Crippen molar-refractivity contribution in [2.24, 2.45) is 0 Å². The first-order valence-corrected chi connectivity index (χ1v) is 28.7. The van der Waals surface area contributed by atoms with Crippen LogP contribution in [0.4, 0.5) is 11.4 Å². The zero-order chi connectivity index (χ0) is 59.9. The fraction of sp³-hybridized carbons (Fsp3) is 0.0909. The highest BCUT2D eigenvalue weighted by Crippen LogP contribution is 2.32. The van der Waals surface area contributed by atoms with E-state index in [1.165, 1.54) is 0 Å². The average Bonchev–Trinajstić information content (AvgIpc) is 2.56. The van der Waals surface area contributed by atoms with Crippen LogP contribution in [0, 0.1) is 19.3 Å². The van der Waals surface area contributed by atoms with Gasteiger partial charge in [-0.2, -0.15) is 0 Å². The number of amides is 1. The third-order valence-electron chi connectivity index (χ3n) is 12.8. The maximum Gasteiger partial charge on any atom is 0.338 e. The van der Waals surface area contributed by atoms with Crippen molar-refractivity contribution in [3.05, 3.63) is 256 Å². The van der Waals surface area contributed by atoms with Crippen molar-refractivity contribution < 1.29 is 27.6 Å². The van der Waals surface area contributed by atoms with Gasteiger partial charge in [-0.3, -0.25) is 25.2 Å². The third kappa shape index (κ3) is 14.5. The Labute approximate surface area is 510 Å². The summed E-state index contributed by atoms with van der Waals surface area (Å²) < 4.78 is 22.6. The van der Waals surface area contributed by atoms with E-state index in [-0.39, 0.29) is 11.9 Å². The SMILES string of the molecule is Brc1cnc2oc(-c3cccnc3)nc2c1.CCOC(=O)c1ccc(C)cc1CBr.Cc1ccc2c(c1)CN(c1cnc3oc(-c4cccnc4)nc3c1)C2=O.N=C(c1ccccc1)c1ccccc1.Nc1cnc2oc(-c3cccnc3)nc2c1. The molecule has 426 valence electrons. The molecule has 0 fully saturated rings. The second-order valence-electron chi connectivity index (χ2n) is 19.0. The van der Waals surface area contributed by atoms with Crippen LogP contribution in [0.5, 0.6) is 0 Å². The monoisotopic (exact) mass is 1270 g/mol. The van der Waals surface area contributed by atoms with Crippen LogP contribution in [0.3, 0.4) is 0 Å². The molecule has 0 atom stereocenters. The van der Waals surface area contributed by atoms with Gasteiger partial charge in [0, 0.05) is 58.7 Å². The molecule has 4 aromatic carbocycles. The number of halogens is 2. The van der Waals surface area contributed by atoms with E-state index in [0.29, 0.717) is 87.0 Å². The minimum atomic E-state index is -0.248. The first-order valence-electron chi connectivity index (χ1n) is 26.8. The van der Waals surface area contributed by atoms with Gasteiger partial charge < -0.3 is 28.6 Å². The van der Waals surface area contributed by atoms with Crippen LogP contribution in [0.1, 0.15) is 61.0 Å². The van der Waals surface area contributed by atoms with Gasteiger partial charge in [-0.15, -0.1) is 0 Å². The summed E-state index contributed by atoms with van der Waals surface area (Å²) in [5.74, 6) is 1.23. The van der Waals surface area contributed by atoms with E-state index in [1.807, 2.05) is 153 Å². The molecule has 13 aromatic rings. The minimum absolute atomic E-state index is 0.0165. The summed E-state index contributed by atoms with van der Waals surface area (Å²) in [4.78, 5) is 63.7. The summed E-state index contributed by atoms with van der Waals surface area (Å²) >= 11 is 6.70. The van der Waals surface area contributed by atoms with Gasteiger partial charge in [-0.1, -0.05) is 112 Å². The Morgan fingerprint density at radius 1 is 0.605 bits per heavy atom. The fourth-order valence-electron chi connectivity index (χ4n) is 8.71. The highest BCUT2D eigenvalue weighted by Gasteiger charge is 2.29. The number of esters is 1. The Kier molecular flexibility index (Phi) is 19.0. The number of fused-ring (bicyclic) bond motifs is 4. The van der Waals surface area contributed by atoms with Crippen molar-refractivity contribution in [2.75, 3.05) is 17.2 Å². The molecule has 1 aliphatic heterocycles. The molecule has 1 amide bonds. The Bertz CT molecular complexity index is 4300. The van der Waals surface area contributed by atoms with E-state index in [2.05, 4.69) is 82.8 Å². The number of carbonyl (C=O) groups is 2. The molecule has 0 bridgehead atoms. The highest BCUT2D eigenvalue weighted by molar-refractivity contribution is 9.10. The number of nitrogens with two attached hydrogens (primary N) is 1. The van der Waals surface area contributed by atoms with E-state index in [4.69, 9.17) is 29.1 Å². The number of aromatic nitrogens is 9. The van der Waals surface area contributed by atoms with Crippen LogP contribution < -0.4 is 10.6 Å². The average molecular weight is 1270 g/mol. The number of carbonyl (C=O) groups excluding carboxylic acids is 2. The molecule has 0 unspecified atom stereocenters. The second-order valence-corrected chi connectivity index (χ2v) is 20.5. The standard InChI is InChI=1S/C20H14N4O2.C13H11N.C11H6BrN3O.C11H13BrO2.C11H8N4O/c1-12-4-5-16-14(7-12)11-24(20(16)25)15-8-17-19(22-10-15)26-18(23-17)13-3-2-6-21-9-13;14-13(11-7-3-1-4-8-11)12-9-5-2-6-10-12;12-8-4-9-11(14-6-8)16-10(15-9)7-2-1-3-13-5-7;1-3-14-11(13)10-5-4-8(2)6-9(10)7-12;12-8-4-9-11(14-6-8)16-10(15-9)7-2-1-3-13-5-7/h2-10H,11H2,1H3;1-10,14H;1-6H;4-6H,3,7H2,1-2H3;1-6H,12H2. The predicted octanol–water partition coefficient (Wildman–Crippen LogP) is 14.8. The number of nitrogens with one attached hydrogen (secondary N) is 1. The summed E-state index contributed by atoms with van der Waals surface area (Å²) in [6.45, 7) is 6.78. The zero-order valence-electron chi connectivity index (χ0n) is 46.5. The molecule has 3 N–H and O–H groups in total. The number of alkyl halides is 1. The Hall–Kier alpha value is -10.4. The van der Waals surface area contributed by atoms with Crippen molar-refractivity contribution in [3.8, 4) is 34.4 Å². The second kappa shape index (κ2) is 27.8. The quantitative estimate of drug-likeness (QED) is 0.0774. The number of aryl methyl sites for hydroxylation is 2. The van der Waals surface area contributed by atoms with E-state index < -0.39 is 0 Å². The van der Waals surface area contributed by atoms with Crippen molar-refractivity contribution in [3.63, 3.8) is 0 Å². The molecular formula is C66H52Br2N12O6. The van der Waals surface area contributed by atoms with Gasteiger partial charge in [-0.05, 0) is 126 Å². The summed E-state index contributed by atoms with van der Waals surface area (Å²) in [5.41, 5.74) is 21.0. The maximum absolute atomic E-state index is 12.7. The maximum atomic E-state index is 12.7. The predicted molar refractivity (Wildman–Crippen MR) is 337 cm³/mol. The molecule has 86 heavy (non-hydrogen) atoms. The molecule has 9 aromatic heterocycles. The fourth-order valence-corrected chi connectivity index (χ4v) is 9.49. The number of ether oxygens (including phenoxy) is 1. The molecule has 0 aliphatic carbocycles. The number of anilines is 2. The molecule has 0 radical (unpaired) electrons. The van der Waals surface area contributed by atoms with E-state index >= 15 is 0 Å². The number of nitrogens with zero attached hydrogens (tertiary/aromatic N) is 10. The first-order chi connectivity index (χ1) is 41.9. The number of hydrogen-bond acceptors (Lipinski definition) is 17. The molecule has 10 heterocycles. The number of oxazole rings is 3. The first kappa shape index (κ1) is 58.7. The normalized spacial score (nSPS) is 11.3. The van der Waals surface area contributed by atoms with Crippen LogP contribution in [-0.4, -0.2) is 69.1 Å². The number of hydrogen-bond donors (Lipinski definition) is 2. The molecule has 1 aliphatic rings. The van der Waals surface area contributed by atoms with Gasteiger partial charge in [0.25, 0.3) is 5.91 Å². The highest BCUT2D eigenvalue weighted by atomic mass is 79.9. The lowest BCUT2D eigenvalue weighted by molar-refractivity contribution is 0.0525. The lowest BCUT2D eigenvalue weighted by atomic mass is 10.0. The van der Waals surface area contributed by atoms with E-state index in [0.717, 1.165) is 65.6 Å². The number of nitrogen functional groups attached to an aromatic ring is 1. The summed E-state index contributed by atoms with van der Waals surface area (Å²) in [6, 6.07) is 47.7. The van der Waals surface area contributed by atoms with Crippen LogP contribution >= 0.6 is 31.9 Å². The Morgan fingerprint density at radius 2 is 1.10 bits per heavy atom. The van der Waals surface area contributed by atoms with Gasteiger partial charge in [-0.25, -0.2) is 34.7 Å². The molecule has 20 heteroatoms. The lowest BCUT2D eigenvalue weighted by Gasteiger charge is -2.14. The van der Waals surface area contributed by atoms with Crippen molar-refractivity contribution in [1.82, 2.24) is 44.9 Å². The number of pyridine rings is 6. The third-order valence-corrected chi connectivity index (χ3v) is 13.9. The van der Waals surface area contributed by atoms with Gasteiger partial charge in [0.1, 0.15) is 16.6 Å². The van der Waals surface area contributed by atoms with Gasteiger partial charge in [0.05, 0.1) is 64.9 Å². The van der Waals surface area contributed by atoms with E-state index in [9.17, 15) is 9.59 Å². The van der Waals surface area contributed by atoms with Gasteiger partial charge >= 0.3 is 5.97 Å². The molecule has 0 saturated carbocycles. The zero-order valence-corrected chi connectivity index (χ0v) is 49.7. The van der Waals surface area contributed by atoms with Crippen molar-refractivity contribution >= 4 is 94.5 Å². The minimum Gasteiger partial charge on any atom is -0.462 e. The van der Waals surface area contributed by atoms with Crippen molar-refractivity contribution in [2.45, 2.75) is 32.6 Å². The van der Waals surface area contributed by atoms with Crippen LogP contribution in [0.25, 0.3) is 68.1 Å². The number of benzene rings is 4. The lowest BCUT2D eigenvalue weighted by Crippen LogP contribution is -2.23. The number of rotatable bonds is 9.